The number of benzene rings is 1. The van der Waals surface area contributed by atoms with Crippen molar-refractivity contribution in [3.63, 3.8) is 0 Å². The van der Waals surface area contributed by atoms with Gasteiger partial charge in [0.1, 0.15) is 5.75 Å². The summed E-state index contributed by atoms with van der Waals surface area (Å²) in [6, 6.07) is 6.64. The van der Waals surface area contributed by atoms with Gasteiger partial charge in [-0.2, -0.15) is 0 Å². The van der Waals surface area contributed by atoms with Crippen molar-refractivity contribution in [1.29, 1.82) is 0 Å². The van der Waals surface area contributed by atoms with E-state index in [9.17, 15) is 14.7 Å². The zero-order valence-electron chi connectivity index (χ0n) is 13.2. The Morgan fingerprint density at radius 1 is 1.26 bits per heavy atom. The van der Waals surface area contributed by atoms with Gasteiger partial charge >= 0.3 is 0 Å². The summed E-state index contributed by atoms with van der Waals surface area (Å²) < 4.78 is 0. The summed E-state index contributed by atoms with van der Waals surface area (Å²) in [4.78, 5) is 26.8. The standard InChI is InChI=1S/C18H21NO3S/c1-12(14-7-3-2-4-8-14)19-17(21)16(23-18(19)22)11-13-6-5-9-15(20)10-13/h5-6,9-12,14,20H,2-4,7-8H2,1H3. The Morgan fingerprint density at radius 3 is 2.70 bits per heavy atom. The second-order valence-corrected chi connectivity index (χ2v) is 7.28. The molecule has 1 N–H and O–H groups in total. The number of phenols is 1. The molecule has 1 aromatic rings. The molecule has 0 spiro atoms. The topological polar surface area (TPSA) is 57.6 Å². The van der Waals surface area contributed by atoms with Crippen LogP contribution >= 0.6 is 11.8 Å². The van der Waals surface area contributed by atoms with Crippen LogP contribution in [0.15, 0.2) is 29.2 Å². The highest BCUT2D eigenvalue weighted by Crippen LogP contribution is 2.38. The highest BCUT2D eigenvalue weighted by Gasteiger charge is 2.40. The molecule has 2 aliphatic rings. The van der Waals surface area contributed by atoms with Crippen LogP contribution in [0.4, 0.5) is 4.79 Å². The molecule has 1 heterocycles. The van der Waals surface area contributed by atoms with Gasteiger partial charge in [0.15, 0.2) is 0 Å². The first-order valence-corrected chi connectivity index (χ1v) is 8.94. The SMILES string of the molecule is CC(C1CCCCC1)N1C(=O)SC(=Cc2cccc(O)c2)C1=O. The average Bonchev–Trinajstić information content (AvgIpc) is 2.81. The minimum atomic E-state index is -0.207. The molecule has 1 atom stereocenters. The van der Waals surface area contributed by atoms with E-state index in [4.69, 9.17) is 0 Å². The molecule has 2 fully saturated rings. The van der Waals surface area contributed by atoms with Crippen LogP contribution in [0.1, 0.15) is 44.6 Å². The Hall–Kier alpha value is -1.75. The lowest BCUT2D eigenvalue weighted by atomic mass is 9.84. The van der Waals surface area contributed by atoms with Crippen LogP contribution in [0.25, 0.3) is 6.08 Å². The molecule has 23 heavy (non-hydrogen) atoms. The molecule has 1 aliphatic carbocycles. The predicted molar refractivity (Wildman–Crippen MR) is 92.0 cm³/mol. The predicted octanol–water partition coefficient (Wildman–Crippen LogP) is 4.40. The van der Waals surface area contributed by atoms with Gasteiger partial charge in [-0.15, -0.1) is 0 Å². The first-order valence-electron chi connectivity index (χ1n) is 8.12. The van der Waals surface area contributed by atoms with Crippen molar-refractivity contribution in [2.75, 3.05) is 0 Å². The van der Waals surface area contributed by atoms with Crippen molar-refractivity contribution in [2.24, 2.45) is 5.92 Å². The molecule has 122 valence electrons. The molecule has 1 unspecified atom stereocenters. The summed E-state index contributed by atoms with van der Waals surface area (Å²) in [5.74, 6) is 0.354. The number of aromatic hydroxyl groups is 1. The lowest BCUT2D eigenvalue weighted by Gasteiger charge is -2.32. The van der Waals surface area contributed by atoms with Crippen LogP contribution in [0, 0.1) is 5.92 Å². The van der Waals surface area contributed by atoms with Gasteiger partial charge in [-0.05, 0) is 61.2 Å². The fourth-order valence-corrected chi connectivity index (χ4v) is 4.34. The van der Waals surface area contributed by atoms with Crippen molar-refractivity contribution in [3.05, 3.63) is 34.7 Å². The van der Waals surface area contributed by atoms with E-state index in [-0.39, 0.29) is 22.9 Å². The molecule has 0 radical (unpaired) electrons. The minimum Gasteiger partial charge on any atom is -0.508 e. The van der Waals surface area contributed by atoms with Crippen molar-refractivity contribution in [2.45, 2.75) is 45.1 Å². The molecule has 0 aromatic heterocycles. The van der Waals surface area contributed by atoms with E-state index in [0.717, 1.165) is 30.2 Å². The summed E-state index contributed by atoms with van der Waals surface area (Å²) in [5, 5.41) is 9.34. The van der Waals surface area contributed by atoms with Crippen LogP contribution in [-0.2, 0) is 4.79 Å². The second kappa shape index (κ2) is 6.79. The van der Waals surface area contributed by atoms with Gasteiger partial charge in [-0.3, -0.25) is 14.5 Å². The number of amides is 2. The summed E-state index contributed by atoms with van der Waals surface area (Å²) in [6.45, 7) is 1.99. The third kappa shape index (κ3) is 3.44. The minimum absolute atomic E-state index is 0.0436. The Bertz CT molecular complexity index is 649. The lowest BCUT2D eigenvalue weighted by Crippen LogP contribution is -2.42. The quantitative estimate of drug-likeness (QED) is 0.834. The highest BCUT2D eigenvalue weighted by molar-refractivity contribution is 8.18. The van der Waals surface area contributed by atoms with Gasteiger partial charge in [-0.25, -0.2) is 0 Å². The number of hydrogen-bond donors (Lipinski definition) is 1. The zero-order valence-corrected chi connectivity index (χ0v) is 14.0. The van der Waals surface area contributed by atoms with E-state index < -0.39 is 0 Å². The Balaban J connectivity index is 1.79. The summed E-state index contributed by atoms with van der Waals surface area (Å²) in [6.07, 6.45) is 7.48. The molecule has 4 nitrogen and oxygen atoms in total. The number of hydrogen-bond acceptors (Lipinski definition) is 4. The molecule has 0 bridgehead atoms. The van der Waals surface area contributed by atoms with Crippen LogP contribution in [0.3, 0.4) is 0 Å². The first kappa shape index (κ1) is 16.1. The highest BCUT2D eigenvalue weighted by atomic mass is 32.2. The van der Waals surface area contributed by atoms with Crippen LogP contribution in [0.5, 0.6) is 5.75 Å². The van der Waals surface area contributed by atoms with Gasteiger partial charge in [-0.1, -0.05) is 31.4 Å². The zero-order chi connectivity index (χ0) is 16.4. The maximum absolute atomic E-state index is 12.6. The number of imide groups is 1. The third-order valence-corrected chi connectivity index (χ3v) is 5.61. The largest absolute Gasteiger partial charge is 0.508 e. The van der Waals surface area contributed by atoms with Crippen molar-refractivity contribution < 1.29 is 14.7 Å². The van der Waals surface area contributed by atoms with E-state index in [1.807, 2.05) is 6.92 Å². The van der Waals surface area contributed by atoms with Crippen LogP contribution in [0.2, 0.25) is 0 Å². The third-order valence-electron chi connectivity index (χ3n) is 4.73. The molecular formula is C18H21NO3S. The van der Waals surface area contributed by atoms with E-state index in [0.29, 0.717) is 10.8 Å². The number of rotatable bonds is 3. The van der Waals surface area contributed by atoms with E-state index in [1.165, 1.54) is 24.2 Å². The smallest absolute Gasteiger partial charge is 0.293 e. The molecule has 3 rings (SSSR count). The van der Waals surface area contributed by atoms with Crippen LogP contribution in [-0.4, -0.2) is 27.2 Å². The number of nitrogens with zero attached hydrogens (tertiary/aromatic N) is 1. The van der Waals surface area contributed by atoms with Gasteiger partial charge in [0.05, 0.1) is 4.91 Å². The number of phenolic OH excluding ortho intramolecular Hbond substituents is 1. The van der Waals surface area contributed by atoms with Crippen molar-refractivity contribution in [1.82, 2.24) is 4.90 Å². The number of thioether (sulfide) groups is 1. The molecule has 1 saturated carbocycles. The molecule has 1 aromatic carbocycles. The molecule has 1 saturated heterocycles. The number of carbonyl (C=O) groups excluding carboxylic acids is 2. The van der Waals surface area contributed by atoms with Gasteiger partial charge in [0, 0.05) is 6.04 Å². The van der Waals surface area contributed by atoms with E-state index >= 15 is 0 Å². The van der Waals surface area contributed by atoms with Crippen molar-refractivity contribution in [3.8, 4) is 5.75 Å². The average molecular weight is 331 g/mol. The van der Waals surface area contributed by atoms with Gasteiger partial charge < -0.3 is 5.11 Å². The fourth-order valence-electron chi connectivity index (χ4n) is 3.42. The Kier molecular flexibility index (Phi) is 4.76. The maximum atomic E-state index is 12.6. The summed E-state index contributed by atoms with van der Waals surface area (Å²) >= 11 is 0.992. The Morgan fingerprint density at radius 2 is 2.00 bits per heavy atom. The summed E-state index contributed by atoms with van der Waals surface area (Å²) in [7, 11) is 0. The van der Waals surface area contributed by atoms with E-state index in [2.05, 4.69) is 0 Å². The fraction of sp³-hybridized carbons (Fsp3) is 0.444. The summed E-state index contributed by atoms with van der Waals surface area (Å²) in [5.41, 5.74) is 0.723. The lowest BCUT2D eigenvalue weighted by molar-refractivity contribution is -0.125. The molecule has 5 heteroatoms. The Labute approximate surface area is 140 Å². The normalized spacial score (nSPS) is 22.8. The maximum Gasteiger partial charge on any atom is 0.293 e. The van der Waals surface area contributed by atoms with E-state index in [1.54, 1.807) is 30.3 Å². The van der Waals surface area contributed by atoms with Gasteiger partial charge in [0.2, 0.25) is 0 Å². The molecule has 1 aliphatic heterocycles. The van der Waals surface area contributed by atoms with Crippen LogP contribution < -0.4 is 0 Å². The number of carbonyl (C=O) groups is 2. The molecular weight excluding hydrogens is 310 g/mol. The first-order chi connectivity index (χ1) is 11.1. The second-order valence-electron chi connectivity index (χ2n) is 6.29. The van der Waals surface area contributed by atoms with Gasteiger partial charge in [0.25, 0.3) is 11.1 Å². The monoisotopic (exact) mass is 331 g/mol. The molecule has 2 amide bonds. The van der Waals surface area contributed by atoms with Crippen molar-refractivity contribution >= 4 is 29.0 Å².